The monoisotopic (exact) mass is 248 g/mol. The number of rotatable bonds is 2. The number of hydrogen-bond acceptors (Lipinski definition) is 1. The van der Waals surface area contributed by atoms with E-state index >= 15 is 0 Å². The Kier molecular flexibility index (Phi) is 2.92. The second kappa shape index (κ2) is 4.73. The molecule has 0 saturated heterocycles. The van der Waals surface area contributed by atoms with E-state index in [1.54, 1.807) is 0 Å². The molecule has 0 bridgehead atoms. The molecule has 0 aliphatic rings. The molecule has 0 aliphatic heterocycles. The third-order valence-electron chi connectivity index (χ3n) is 3.46. The van der Waals surface area contributed by atoms with Gasteiger partial charge >= 0.3 is 0 Å². The van der Waals surface area contributed by atoms with Crippen LogP contribution in [0, 0.1) is 13.8 Å². The molecule has 0 amide bonds. The number of nitrogens with zero attached hydrogens (tertiary/aromatic N) is 1. The molecule has 19 heavy (non-hydrogen) atoms. The number of aromatic nitrogens is 1. The molecule has 3 aromatic rings. The molecular formula is C17H16N2. The van der Waals surface area contributed by atoms with Crippen LogP contribution in [-0.2, 0) is 0 Å². The maximum atomic E-state index is 4.56. The second-order valence-electron chi connectivity index (χ2n) is 4.82. The van der Waals surface area contributed by atoms with Gasteiger partial charge < -0.3 is 4.98 Å². The number of aromatic amines is 1. The first kappa shape index (κ1) is 11.7. The van der Waals surface area contributed by atoms with Gasteiger partial charge in [-0.1, -0.05) is 24.3 Å². The lowest BCUT2D eigenvalue weighted by Gasteiger charge is -2.00. The summed E-state index contributed by atoms with van der Waals surface area (Å²) < 4.78 is 0. The van der Waals surface area contributed by atoms with Gasteiger partial charge in [-0.2, -0.15) is 0 Å². The van der Waals surface area contributed by atoms with Gasteiger partial charge in [0, 0.05) is 28.9 Å². The summed E-state index contributed by atoms with van der Waals surface area (Å²) in [5, 5.41) is 1.20. The first-order valence-corrected chi connectivity index (χ1v) is 6.41. The average molecular weight is 248 g/mol. The Morgan fingerprint density at radius 3 is 2.68 bits per heavy atom. The molecule has 0 fully saturated rings. The predicted octanol–water partition coefficient (Wildman–Crippen LogP) is 4.54. The third-order valence-corrected chi connectivity index (χ3v) is 3.46. The van der Waals surface area contributed by atoms with Crippen LogP contribution < -0.4 is 0 Å². The third kappa shape index (κ3) is 2.29. The maximum absolute atomic E-state index is 4.56. The number of aliphatic imine (C=N–C) groups is 1. The predicted molar refractivity (Wildman–Crippen MR) is 81.5 cm³/mol. The molecular weight excluding hydrogens is 232 g/mol. The lowest BCUT2D eigenvalue weighted by molar-refractivity contribution is 1.33. The number of para-hydroxylation sites is 1. The zero-order valence-corrected chi connectivity index (χ0v) is 11.1. The van der Waals surface area contributed by atoms with E-state index < -0.39 is 0 Å². The van der Waals surface area contributed by atoms with E-state index in [9.17, 15) is 0 Å². The molecule has 94 valence electrons. The molecule has 0 saturated carbocycles. The standard InChI is InChI=1S/C17H16N2/c1-12-7-8-15(9-13(12)2)18-10-14-11-19-17-6-4-3-5-16(14)17/h3-11,19H,1-2H3/b18-10+. The highest BCUT2D eigenvalue weighted by atomic mass is 14.7. The van der Waals surface area contributed by atoms with Crippen molar-refractivity contribution in [1.82, 2.24) is 4.98 Å². The van der Waals surface area contributed by atoms with Gasteiger partial charge in [0.05, 0.1) is 5.69 Å². The Hall–Kier alpha value is -2.35. The van der Waals surface area contributed by atoms with Gasteiger partial charge in [0.1, 0.15) is 0 Å². The Labute approximate surface area is 112 Å². The Morgan fingerprint density at radius 2 is 1.84 bits per heavy atom. The fourth-order valence-corrected chi connectivity index (χ4v) is 2.15. The van der Waals surface area contributed by atoms with E-state index in [4.69, 9.17) is 0 Å². The zero-order chi connectivity index (χ0) is 13.2. The molecule has 0 aliphatic carbocycles. The van der Waals surface area contributed by atoms with Crippen LogP contribution >= 0.6 is 0 Å². The number of nitrogens with one attached hydrogen (secondary N) is 1. The molecule has 1 N–H and O–H groups in total. The fraction of sp³-hybridized carbons (Fsp3) is 0.118. The lowest BCUT2D eigenvalue weighted by atomic mass is 10.1. The van der Waals surface area contributed by atoms with Gasteiger partial charge in [-0.3, -0.25) is 4.99 Å². The van der Waals surface area contributed by atoms with Crippen molar-refractivity contribution in [2.45, 2.75) is 13.8 Å². The van der Waals surface area contributed by atoms with Crippen molar-refractivity contribution >= 4 is 22.8 Å². The maximum Gasteiger partial charge on any atom is 0.0632 e. The Balaban J connectivity index is 1.96. The molecule has 3 rings (SSSR count). The summed E-state index contributed by atoms with van der Waals surface area (Å²) in [6.07, 6.45) is 3.91. The summed E-state index contributed by atoms with van der Waals surface area (Å²) in [5.74, 6) is 0. The number of fused-ring (bicyclic) bond motifs is 1. The van der Waals surface area contributed by atoms with Crippen LogP contribution in [-0.4, -0.2) is 11.2 Å². The Morgan fingerprint density at radius 1 is 1.00 bits per heavy atom. The highest BCUT2D eigenvalue weighted by Gasteiger charge is 2.00. The highest BCUT2D eigenvalue weighted by molar-refractivity contribution is 5.99. The quantitative estimate of drug-likeness (QED) is 0.645. The van der Waals surface area contributed by atoms with Crippen molar-refractivity contribution in [1.29, 1.82) is 0 Å². The van der Waals surface area contributed by atoms with E-state index in [0.717, 1.165) is 16.8 Å². The lowest BCUT2D eigenvalue weighted by Crippen LogP contribution is -1.80. The van der Waals surface area contributed by atoms with E-state index in [-0.39, 0.29) is 0 Å². The van der Waals surface area contributed by atoms with Gasteiger partial charge in [0.15, 0.2) is 0 Å². The van der Waals surface area contributed by atoms with Gasteiger partial charge in [0.2, 0.25) is 0 Å². The Bertz CT molecular complexity index is 751. The van der Waals surface area contributed by atoms with Crippen LogP contribution in [0.3, 0.4) is 0 Å². The summed E-state index contributed by atoms with van der Waals surface area (Å²) in [4.78, 5) is 7.81. The van der Waals surface area contributed by atoms with Crippen molar-refractivity contribution < 1.29 is 0 Å². The average Bonchev–Trinajstić information content (AvgIpc) is 2.83. The summed E-state index contributed by atoms with van der Waals surface area (Å²) in [6, 6.07) is 14.5. The van der Waals surface area contributed by atoms with Crippen molar-refractivity contribution in [2.24, 2.45) is 4.99 Å². The van der Waals surface area contributed by atoms with Gasteiger partial charge in [-0.15, -0.1) is 0 Å². The second-order valence-corrected chi connectivity index (χ2v) is 4.82. The summed E-state index contributed by atoms with van der Waals surface area (Å²) in [7, 11) is 0. The van der Waals surface area contributed by atoms with Crippen molar-refractivity contribution in [3.63, 3.8) is 0 Å². The molecule has 0 atom stereocenters. The summed E-state index contributed by atoms with van der Waals surface area (Å²) in [6.45, 7) is 4.22. The van der Waals surface area contributed by atoms with E-state index in [1.165, 1.54) is 16.5 Å². The van der Waals surface area contributed by atoms with E-state index in [1.807, 2.05) is 30.6 Å². The number of aryl methyl sites for hydroxylation is 2. The minimum Gasteiger partial charge on any atom is -0.361 e. The van der Waals surface area contributed by atoms with Crippen molar-refractivity contribution in [3.05, 3.63) is 65.4 Å². The molecule has 2 aromatic carbocycles. The molecule has 0 radical (unpaired) electrons. The van der Waals surface area contributed by atoms with Crippen molar-refractivity contribution in [3.8, 4) is 0 Å². The molecule has 2 nitrogen and oxygen atoms in total. The summed E-state index contributed by atoms with van der Waals surface area (Å²) >= 11 is 0. The molecule has 1 aromatic heterocycles. The number of H-pyrrole nitrogens is 1. The molecule has 0 unspecified atom stereocenters. The van der Waals surface area contributed by atoms with Gasteiger partial charge in [0.25, 0.3) is 0 Å². The normalized spacial score (nSPS) is 11.5. The van der Waals surface area contributed by atoms with E-state index in [2.05, 4.69) is 48.1 Å². The summed E-state index contributed by atoms with van der Waals surface area (Å²) in [5.41, 5.74) is 5.82. The number of benzene rings is 2. The first-order valence-electron chi connectivity index (χ1n) is 6.41. The minimum absolute atomic E-state index is 0.994. The van der Waals surface area contributed by atoms with Crippen LogP contribution in [0.1, 0.15) is 16.7 Å². The van der Waals surface area contributed by atoms with E-state index in [0.29, 0.717) is 0 Å². The van der Waals surface area contributed by atoms with Crippen LogP contribution in [0.4, 0.5) is 5.69 Å². The largest absolute Gasteiger partial charge is 0.361 e. The first-order chi connectivity index (χ1) is 9.24. The van der Waals surface area contributed by atoms with Gasteiger partial charge in [-0.05, 0) is 43.2 Å². The van der Waals surface area contributed by atoms with Crippen LogP contribution in [0.25, 0.3) is 10.9 Å². The highest BCUT2D eigenvalue weighted by Crippen LogP contribution is 2.19. The SMILES string of the molecule is Cc1ccc(/N=C/c2c[nH]c3ccccc23)cc1C. The molecule has 0 spiro atoms. The smallest absolute Gasteiger partial charge is 0.0632 e. The minimum atomic E-state index is 0.994. The topological polar surface area (TPSA) is 28.1 Å². The fourth-order valence-electron chi connectivity index (χ4n) is 2.15. The van der Waals surface area contributed by atoms with Crippen molar-refractivity contribution in [2.75, 3.05) is 0 Å². The molecule has 2 heteroatoms. The zero-order valence-electron chi connectivity index (χ0n) is 11.1. The molecule has 1 heterocycles. The van der Waals surface area contributed by atoms with Crippen LogP contribution in [0.5, 0.6) is 0 Å². The van der Waals surface area contributed by atoms with Crippen LogP contribution in [0.2, 0.25) is 0 Å². The van der Waals surface area contributed by atoms with Crippen LogP contribution in [0.15, 0.2) is 53.7 Å². The van der Waals surface area contributed by atoms with Gasteiger partial charge in [-0.25, -0.2) is 0 Å². The number of hydrogen-bond donors (Lipinski definition) is 1.